The van der Waals surface area contributed by atoms with Gasteiger partial charge in [0.1, 0.15) is 6.73 Å². The normalized spacial score (nSPS) is 25.5. The van der Waals surface area contributed by atoms with Crippen LogP contribution in [0.1, 0.15) is 0 Å². The lowest BCUT2D eigenvalue weighted by molar-refractivity contribution is 0.322. The van der Waals surface area contributed by atoms with Crippen molar-refractivity contribution in [2.75, 3.05) is 12.6 Å². The van der Waals surface area contributed by atoms with E-state index in [1.54, 1.807) is 0 Å². The Balaban J connectivity index is 2.18. The molecule has 1 aliphatic rings. The van der Waals surface area contributed by atoms with E-state index < -0.39 is 0 Å². The summed E-state index contributed by atoms with van der Waals surface area (Å²) in [6, 6.07) is 0. The van der Waals surface area contributed by atoms with Crippen molar-refractivity contribution >= 4 is 34.9 Å². The lowest BCUT2D eigenvalue weighted by Crippen LogP contribution is -2.01. The zero-order valence-electron chi connectivity index (χ0n) is 3.06. The summed E-state index contributed by atoms with van der Waals surface area (Å²) < 4.78 is 6.96. The van der Waals surface area contributed by atoms with Crippen molar-refractivity contribution < 1.29 is 4.18 Å². The van der Waals surface area contributed by atoms with Crippen LogP contribution >= 0.6 is 34.9 Å². The van der Waals surface area contributed by atoms with E-state index in [2.05, 4.69) is 26.0 Å². The van der Waals surface area contributed by atoms with E-state index >= 15 is 0 Å². The quantitative estimate of drug-likeness (QED) is 0.344. The van der Waals surface area contributed by atoms with Crippen LogP contribution < -0.4 is 0 Å². The average molecular weight is 217 g/mol. The van der Waals surface area contributed by atoms with Crippen LogP contribution in [-0.2, 0) is 4.18 Å². The third kappa shape index (κ3) is 1.25. The van der Waals surface area contributed by atoms with Crippen LogP contribution in [0.15, 0.2) is 0 Å². The van der Waals surface area contributed by atoms with Gasteiger partial charge in [-0.05, 0) is 0 Å². The summed E-state index contributed by atoms with van der Waals surface area (Å²) in [6.45, 7) is 0.769. The maximum atomic E-state index is 4.89. The van der Waals surface area contributed by atoms with Gasteiger partial charge in [-0.25, -0.2) is 3.11 Å². The topological polar surface area (TPSA) is 12.5 Å². The molecule has 0 amide bonds. The molecule has 0 bridgehead atoms. The van der Waals surface area contributed by atoms with Gasteiger partial charge >= 0.3 is 0 Å². The molecule has 1 fully saturated rings. The van der Waals surface area contributed by atoms with Crippen molar-refractivity contribution in [3.8, 4) is 0 Å². The summed E-state index contributed by atoms with van der Waals surface area (Å²) in [5.74, 6) is 1.00. The summed E-state index contributed by atoms with van der Waals surface area (Å²) >= 11 is 3.72. The predicted octanol–water partition coefficient (Wildman–Crippen LogP) is 1.23. The molecule has 2 nitrogen and oxygen atoms in total. The molecular weight excluding hydrogens is 213 g/mol. The lowest BCUT2D eigenvalue weighted by atomic mass is 11.2. The summed E-state index contributed by atoms with van der Waals surface area (Å²) in [4.78, 5) is 0. The fourth-order valence-electron chi connectivity index (χ4n) is 0.226. The van der Waals surface area contributed by atoms with Crippen molar-refractivity contribution in [1.29, 1.82) is 0 Å². The molecular formula is C2H4INOS. The molecule has 0 atom stereocenters. The Labute approximate surface area is 54.9 Å². The molecule has 0 aromatic rings. The van der Waals surface area contributed by atoms with Gasteiger partial charge in [-0.3, -0.25) is 4.18 Å². The lowest BCUT2D eigenvalue weighted by Gasteiger charge is -1.93. The SMILES string of the molecule is IN1COSC1. The Hall–Kier alpha value is 1.000. The van der Waals surface area contributed by atoms with Crippen molar-refractivity contribution in [3.63, 3.8) is 0 Å². The molecule has 0 radical (unpaired) electrons. The summed E-state index contributed by atoms with van der Waals surface area (Å²) in [6.07, 6.45) is 0. The standard InChI is InChI=1S/C2H4INOS/c3-4-1-5-6-2-4/h1-2H2. The van der Waals surface area contributed by atoms with Gasteiger partial charge in [0, 0.05) is 34.9 Å². The van der Waals surface area contributed by atoms with Crippen molar-refractivity contribution in [2.24, 2.45) is 0 Å². The average Bonchev–Trinajstić information content (AvgIpc) is 1.86. The molecule has 6 heavy (non-hydrogen) atoms. The maximum absolute atomic E-state index is 4.89. The molecule has 1 heterocycles. The third-order valence-corrected chi connectivity index (χ3v) is 2.24. The van der Waals surface area contributed by atoms with E-state index in [0.29, 0.717) is 0 Å². The van der Waals surface area contributed by atoms with Gasteiger partial charge in [-0.1, -0.05) is 0 Å². The second-order valence-corrected chi connectivity index (χ2v) is 3.05. The minimum Gasteiger partial charge on any atom is -0.298 e. The van der Waals surface area contributed by atoms with E-state index in [9.17, 15) is 0 Å². The minimum absolute atomic E-state index is 0.769. The Kier molecular flexibility index (Phi) is 2.01. The first-order valence-electron chi connectivity index (χ1n) is 1.55. The van der Waals surface area contributed by atoms with Gasteiger partial charge in [0.2, 0.25) is 0 Å². The molecule has 0 N–H and O–H groups in total. The monoisotopic (exact) mass is 217 g/mol. The van der Waals surface area contributed by atoms with Crippen LogP contribution in [0.3, 0.4) is 0 Å². The van der Waals surface area contributed by atoms with Gasteiger partial charge in [0.05, 0.1) is 5.88 Å². The molecule has 0 aromatic carbocycles. The van der Waals surface area contributed by atoms with Crippen LogP contribution in [0, 0.1) is 0 Å². The van der Waals surface area contributed by atoms with Crippen LogP contribution in [0.5, 0.6) is 0 Å². The highest BCUT2D eigenvalue weighted by atomic mass is 127. The highest BCUT2D eigenvalue weighted by Gasteiger charge is 2.06. The zero-order chi connectivity index (χ0) is 4.41. The largest absolute Gasteiger partial charge is 0.298 e. The summed E-state index contributed by atoms with van der Waals surface area (Å²) in [7, 11) is 0. The maximum Gasteiger partial charge on any atom is 0.123 e. The van der Waals surface area contributed by atoms with Crippen molar-refractivity contribution in [2.45, 2.75) is 0 Å². The minimum atomic E-state index is 0.769. The second-order valence-electron chi connectivity index (χ2n) is 0.957. The molecule has 0 spiro atoms. The highest BCUT2D eigenvalue weighted by molar-refractivity contribution is 14.1. The fraction of sp³-hybridized carbons (Fsp3) is 1.00. The Morgan fingerprint density at radius 2 is 2.67 bits per heavy atom. The van der Waals surface area contributed by atoms with Gasteiger partial charge in [-0.15, -0.1) is 0 Å². The van der Waals surface area contributed by atoms with Crippen molar-refractivity contribution in [1.82, 2.24) is 3.11 Å². The van der Waals surface area contributed by atoms with E-state index in [0.717, 1.165) is 12.6 Å². The van der Waals surface area contributed by atoms with E-state index in [1.807, 2.05) is 0 Å². The van der Waals surface area contributed by atoms with Gasteiger partial charge in [-0.2, -0.15) is 0 Å². The first kappa shape index (κ1) is 5.14. The first-order valence-corrected chi connectivity index (χ1v) is 3.42. The predicted molar refractivity (Wildman–Crippen MR) is 34.3 cm³/mol. The molecule has 0 aromatic heterocycles. The Bertz CT molecular complexity index is 46.8. The summed E-state index contributed by atoms with van der Waals surface area (Å²) in [5.41, 5.74) is 0. The molecule has 1 saturated heterocycles. The Morgan fingerprint density at radius 3 is 2.83 bits per heavy atom. The van der Waals surface area contributed by atoms with Gasteiger partial charge < -0.3 is 0 Å². The smallest absolute Gasteiger partial charge is 0.123 e. The summed E-state index contributed by atoms with van der Waals surface area (Å²) in [5, 5.41) is 0. The molecule has 0 aliphatic carbocycles. The van der Waals surface area contributed by atoms with Gasteiger partial charge in [0.25, 0.3) is 0 Å². The molecule has 1 aliphatic heterocycles. The Morgan fingerprint density at radius 1 is 1.83 bits per heavy atom. The number of nitrogens with zero attached hydrogens (tertiary/aromatic N) is 1. The van der Waals surface area contributed by atoms with Crippen molar-refractivity contribution in [3.05, 3.63) is 0 Å². The molecule has 0 unspecified atom stereocenters. The van der Waals surface area contributed by atoms with Crippen LogP contribution in [0.2, 0.25) is 0 Å². The number of hydrogen-bond acceptors (Lipinski definition) is 3. The number of rotatable bonds is 0. The zero-order valence-corrected chi connectivity index (χ0v) is 6.03. The second kappa shape index (κ2) is 2.34. The van der Waals surface area contributed by atoms with Crippen LogP contribution in [0.4, 0.5) is 0 Å². The highest BCUT2D eigenvalue weighted by Crippen LogP contribution is 2.17. The molecule has 1 rings (SSSR count). The molecule has 36 valence electrons. The number of hydrogen-bond donors (Lipinski definition) is 0. The first-order chi connectivity index (χ1) is 2.89. The molecule has 0 saturated carbocycles. The number of halogens is 1. The third-order valence-electron chi connectivity index (χ3n) is 0.469. The van der Waals surface area contributed by atoms with Gasteiger partial charge in [0.15, 0.2) is 0 Å². The van der Waals surface area contributed by atoms with E-state index in [4.69, 9.17) is 4.18 Å². The van der Waals surface area contributed by atoms with E-state index in [-0.39, 0.29) is 0 Å². The fourth-order valence-corrected chi connectivity index (χ4v) is 1.36. The van der Waals surface area contributed by atoms with Crippen LogP contribution in [0.25, 0.3) is 0 Å². The molecule has 4 heteroatoms. The van der Waals surface area contributed by atoms with Crippen LogP contribution in [-0.4, -0.2) is 15.7 Å². The van der Waals surface area contributed by atoms with E-state index in [1.165, 1.54) is 12.0 Å².